The van der Waals surface area contributed by atoms with Crippen molar-refractivity contribution < 1.29 is 28.6 Å². The standard InChI is InChI=1S/C52H92O6/c1-4-7-10-13-16-19-22-24-26-28-30-33-36-39-42-45-51(54)57-48-49(47-56-50(53)44-41-38-35-32-29-21-18-15-12-9-6-3)58-52(55)46-43-40-37-34-31-27-25-23-20-17-14-11-8-5-2/h8,11,16-17,19-20,22,24,49H,4-7,9-10,12-15,18,21,23,25-48H2,1-3H3/b11-8-,19-16-,20-17-,24-22-. The molecular formula is C52H92O6. The predicted molar refractivity (Wildman–Crippen MR) is 247 cm³/mol. The van der Waals surface area contributed by atoms with Crippen LogP contribution in [0.1, 0.15) is 245 Å². The number of allylic oxidation sites excluding steroid dienone is 8. The van der Waals surface area contributed by atoms with Gasteiger partial charge in [0.25, 0.3) is 0 Å². The fourth-order valence-electron chi connectivity index (χ4n) is 6.88. The molecule has 0 bridgehead atoms. The van der Waals surface area contributed by atoms with Gasteiger partial charge < -0.3 is 14.2 Å². The van der Waals surface area contributed by atoms with E-state index < -0.39 is 6.10 Å². The highest BCUT2D eigenvalue weighted by atomic mass is 16.6. The van der Waals surface area contributed by atoms with E-state index >= 15 is 0 Å². The third-order valence-electron chi connectivity index (χ3n) is 10.6. The Morgan fingerprint density at radius 3 is 1.17 bits per heavy atom. The van der Waals surface area contributed by atoms with Crippen LogP contribution in [0, 0.1) is 0 Å². The van der Waals surface area contributed by atoms with Crippen LogP contribution in [0.5, 0.6) is 0 Å². The van der Waals surface area contributed by atoms with E-state index in [0.29, 0.717) is 19.3 Å². The zero-order chi connectivity index (χ0) is 42.3. The van der Waals surface area contributed by atoms with Gasteiger partial charge in [0.05, 0.1) is 0 Å². The Kier molecular flexibility index (Phi) is 44.9. The van der Waals surface area contributed by atoms with E-state index in [1.807, 2.05) is 0 Å². The first-order valence-corrected chi connectivity index (χ1v) is 24.7. The highest BCUT2D eigenvalue weighted by Crippen LogP contribution is 2.15. The Morgan fingerprint density at radius 2 is 0.724 bits per heavy atom. The van der Waals surface area contributed by atoms with Crippen LogP contribution < -0.4 is 0 Å². The summed E-state index contributed by atoms with van der Waals surface area (Å²) < 4.78 is 16.7. The minimum Gasteiger partial charge on any atom is -0.462 e. The minimum absolute atomic E-state index is 0.0784. The van der Waals surface area contributed by atoms with Crippen LogP contribution in [0.3, 0.4) is 0 Å². The Morgan fingerprint density at radius 1 is 0.379 bits per heavy atom. The van der Waals surface area contributed by atoms with Gasteiger partial charge in [-0.1, -0.05) is 204 Å². The van der Waals surface area contributed by atoms with Crippen molar-refractivity contribution in [3.05, 3.63) is 48.6 Å². The van der Waals surface area contributed by atoms with Crippen molar-refractivity contribution in [2.24, 2.45) is 0 Å². The molecule has 0 radical (unpaired) electrons. The topological polar surface area (TPSA) is 78.9 Å². The van der Waals surface area contributed by atoms with Gasteiger partial charge in [0, 0.05) is 19.3 Å². The van der Waals surface area contributed by atoms with Crippen LogP contribution in [0.15, 0.2) is 48.6 Å². The van der Waals surface area contributed by atoms with Crippen molar-refractivity contribution in [2.75, 3.05) is 13.2 Å². The lowest BCUT2D eigenvalue weighted by Gasteiger charge is -2.18. The third kappa shape index (κ3) is 44.5. The molecule has 58 heavy (non-hydrogen) atoms. The second-order valence-electron chi connectivity index (χ2n) is 16.4. The fourth-order valence-corrected chi connectivity index (χ4v) is 6.88. The summed E-state index contributed by atoms with van der Waals surface area (Å²) in [4.78, 5) is 37.9. The number of unbranched alkanes of at least 4 members (excludes halogenated alkanes) is 26. The first kappa shape index (κ1) is 55.4. The van der Waals surface area contributed by atoms with Crippen LogP contribution >= 0.6 is 0 Å². The zero-order valence-electron chi connectivity index (χ0n) is 38.3. The Bertz CT molecular complexity index is 1030. The van der Waals surface area contributed by atoms with Crippen LogP contribution in [0.4, 0.5) is 0 Å². The van der Waals surface area contributed by atoms with Gasteiger partial charge in [-0.2, -0.15) is 0 Å². The monoisotopic (exact) mass is 813 g/mol. The predicted octanol–water partition coefficient (Wildman–Crippen LogP) is 15.9. The SMILES string of the molecule is CC/C=C\C/C=C\CCCCCCCCCC(=O)OC(COC(=O)CCCCCCCC/C=C\C=C/CCCCC)COC(=O)CCCCCCCCCCCCC. The molecule has 6 heteroatoms. The molecule has 0 rings (SSSR count). The van der Waals surface area contributed by atoms with Crippen LogP contribution in [0.2, 0.25) is 0 Å². The van der Waals surface area contributed by atoms with Crippen molar-refractivity contribution in [1.82, 2.24) is 0 Å². The summed E-state index contributed by atoms with van der Waals surface area (Å²) in [5, 5.41) is 0. The number of rotatable bonds is 44. The van der Waals surface area contributed by atoms with Crippen molar-refractivity contribution in [2.45, 2.75) is 252 Å². The number of hydrogen-bond acceptors (Lipinski definition) is 6. The maximum atomic E-state index is 12.8. The number of carbonyl (C=O) groups excluding carboxylic acids is 3. The van der Waals surface area contributed by atoms with Crippen LogP contribution in [-0.4, -0.2) is 37.2 Å². The lowest BCUT2D eigenvalue weighted by molar-refractivity contribution is -0.167. The summed E-state index contributed by atoms with van der Waals surface area (Å²) in [6.07, 6.45) is 55.1. The van der Waals surface area contributed by atoms with Gasteiger partial charge in [-0.25, -0.2) is 0 Å². The molecule has 0 heterocycles. The summed E-state index contributed by atoms with van der Waals surface area (Å²) in [6, 6.07) is 0. The maximum Gasteiger partial charge on any atom is 0.306 e. The lowest BCUT2D eigenvalue weighted by Crippen LogP contribution is -2.30. The Balaban J connectivity index is 4.39. The summed E-state index contributed by atoms with van der Waals surface area (Å²) >= 11 is 0. The van der Waals surface area contributed by atoms with Gasteiger partial charge in [0.1, 0.15) is 13.2 Å². The molecule has 6 nitrogen and oxygen atoms in total. The quantitative estimate of drug-likeness (QED) is 0.0200. The highest BCUT2D eigenvalue weighted by molar-refractivity contribution is 5.71. The Hall–Kier alpha value is -2.63. The second-order valence-corrected chi connectivity index (χ2v) is 16.4. The van der Waals surface area contributed by atoms with Gasteiger partial charge in [0.2, 0.25) is 0 Å². The molecule has 0 aliphatic rings. The van der Waals surface area contributed by atoms with Crippen molar-refractivity contribution in [3.63, 3.8) is 0 Å². The molecule has 1 atom stereocenters. The van der Waals surface area contributed by atoms with Gasteiger partial charge >= 0.3 is 17.9 Å². The van der Waals surface area contributed by atoms with E-state index in [9.17, 15) is 14.4 Å². The van der Waals surface area contributed by atoms with E-state index in [4.69, 9.17) is 14.2 Å². The smallest absolute Gasteiger partial charge is 0.306 e. The largest absolute Gasteiger partial charge is 0.462 e. The first-order valence-electron chi connectivity index (χ1n) is 24.7. The van der Waals surface area contributed by atoms with E-state index in [2.05, 4.69) is 69.4 Å². The molecule has 336 valence electrons. The van der Waals surface area contributed by atoms with Crippen LogP contribution in [-0.2, 0) is 28.6 Å². The first-order chi connectivity index (χ1) is 28.5. The third-order valence-corrected chi connectivity index (χ3v) is 10.6. The van der Waals surface area contributed by atoms with Crippen molar-refractivity contribution in [3.8, 4) is 0 Å². The number of carbonyl (C=O) groups is 3. The van der Waals surface area contributed by atoms with Crippen molar-refractivity contribution in [1.29, 1.82) is 0 Å². The van der Waals surface area contributed by atoms with Gasteiger partial charge in [-0.05, 0) is 70.6 Å². The molecule has 0 aromatic carbocycles. The average Bonchev–Trinajstić information content (AvgIpc) is 3.22. The molecule has 0 N–H and O–H groups in total. The zero-order valence-corrected chi connectivity index (χ0v) is 38.3. The van der Waals surface area contributed by atoms with E-state index in [0.717, 1.165) is 83.5 Å². The fraction of sp³-hybridized carbons (Fsp3) is 0.788. The van der Waals surface area contributed by atoms with E-state index in [1.165, 1.54) is 122 Å². The molecule has 1 unspecified atom stereocenters. The lowest BCUT2D eigenvalue weighted by atomic mass is 10.1. The molecule has 0 aromatic rings. The normalized spacial score (nSPS) is 12.4. The van der Waals surface area contributed by atoms with Gasteiger partial charge in [-0.15, -0.1) is 0 Å². The molecule has 0 aliphatic carbocycles. The molecule has 0 saturated carbocycles. The molecule has 0 spiro atoms. The van der Waals surface area contributed by atoms with E-state index in [-0.39, 0.29) is 31.1 Å². The van der Waals surface area contributed by atoms with Crippen LogP contribution in [0.25, 0.3) is 0 Å². The molecule has 0 amide bonds. The summed E-state index contributed by atoms with van der Waals surface area (Å²) in [5.74, 6) is -0.895. The van der Waals surface area contributed by atoms with Gasteiger partial charge in [-0.3, -0.25) is 14.4 Å². The summed E-state index contributed by atoms with van der Waals surface area (Å²) in [7, 11) is 0. The molecule has 0 fully saturated rings. The molecule has 0 saturated heterocycles. The summed E-state index contributed by atoms with van der Waals surface area (Å²) in [5.41, 5.74) is 0. The molecule has 0 aromatic heterocycles. The molecule has 0 aliphatic heterocycles. The summed E-state index contributed by atoms with van der Waals surface area (Å²) in [6.45, 7) is 6.48. The van der Waals surface area contributed by atoms with Gasteiger partial charge in [0.15, 0.2) is 6.10 Å². The number of ether oxygens (including phenoxy) is 3. The van der Waals surface area contributed by atoms with E-state index in [1.54, 1.807) is 0 Å². The number of esters is 3. The minimum atomic E-state index is -0.778. The average molecular weight is 813 g/mol. The maximum absolute atomic E-state index is 12.8. The molecular weight excluding hydrogens is 721 g/mol. The van der Waals surface area contributed by atoms with Crippen molar-refractivity contribution >= 4 is 17.9 Å². The Labute approximate surface area is 358 Å². The number of hydrogen-bond donors (Lipinski definition) is 0. The second kappa shape index (κ2) is 47.1. The highest BCUT2D eigenvalue weighted by Gasteiger charge is 2.19.